The van der Waals surface area contributed by atoms with Crippen molar-refractivity contribution in [2.75, 3.05) is 31.1 Å². The number of anilines is 1. The Bertz CT molecular complexity index is 1030. The predicted molar refractivity (Wildman–Crippen MR) is 126 cm³/mol. The van der Waals surface area contributed by atoms with Gasteiger partial charge in [-0.05, 0) is 86.9 Å². The molecule has 5 rings (SSSR count). The molecular weight excluding hydrogens is 382 g/mol. The lowest BCUT2D eigenvalue weighted by Gasteiger charge is -2.47. The summed E-state index contributed by atoms with van der Waals surface area (Å²) in [5.74, 6) is 0.902. The number of hydrogen-bond donors (Lipinski definition) is 1. The van der Waals surface area contributed by atoms with E-state index in [4.69, 9.17) is 0 Å². The number of nitrogens with zero attached hydrogens (tertiary/aromatic N) is 4. The Morgan fingerprint density at radius 2 is 1.87 bits per heavy atom. The number of aryl methyl sites for hydroxylation is 2. The SMILES string of the molecule is Cc1ccnc(N2CCC3(CCCN(Cc4cccc(-c5ccc(C)[nH]5)c4)C3)CC2)n1. The third-order valence-electron chi connectivity index (χ3n) is 7.11. The standard InChI is InChI=1S/C26H33N5/c1-20-7-8-24(28-20)23-6-3-5-22(17-23)18-30-14-4-10-26(19-30)11-15-31(16-12-26)25-27-13-9-21(2)29-25/h3,5-9,13,17,28H,4,10-12,14-16,18-19H2,1-2H3. The minimum absolute atomic E-state index is 0.451. The van der Waals surface area contributed by atoms with Gasteiger partial charge in [-0.25, -0.2) is 9.97 Å². The van der Waals surface area contributed by atoms with Crippen molar-refractivity contribution in [3.05, 3.63) is 65.6 Å². The summed E-state index contributed by atoms with van der Waals surface area (Å²) in [7, 11) is 0. The van der Waals surface area contributed by atoms with Crippen LogP contribution in [0.2, 0.25) is 0 Å². The van der Waals surface area contributed by atoms with Gasteiger partial charge in [-0.2, -0.15) is 0 Å². The van der Waals surface area contributed by atoms with Crippen LogP contribution in [0.25, 0.3) is 11.3 Å². The zero-order valence-corrected chi connectivity index (χ0v) is 18.8. The normalized spacial score (nSPS) is 19.1. The van der Waals surface area contributed by atoms with Gasteiger partial charge < -0.3 is 9.88 Å². The zero-order valence-electron chi connectivity index (χ0n) is 18.8. The van der Waals surface area contributed by atoms with Gasteiger partial charge in [-0.1, -0.05) is 18.2 Å². The van der Waals surface area contributed by atoms with Gasteiger partial charge in [0, 0.05) is 49.5 Å². The number of H-pyrrole nitrogens is 1. The second kappa shape index (κ2) is 8.46. The fourth-order valence-corrected chi connectivity index (χ4v) is 5.39. The maximum atomic E-state index is 4.64. The van der Waals surface area contributed by atoms with E-state index in [0.29, 0.717) is 5.41 Å². The summed E-state index contributed by atoms with van der Waals surface area (Å²) in [4.78, 5) is 17.7. The van der Waals surface area contributed by atoms with Crippen LogP contribution in [0.3, 0.4) is 0 Å². The quantitative estimate of drug-likeness (QED) is 0.653. The van der Waals surface area contributed by atoms with Gasteiger partial charge in [-0.3, -0.25) is 4.90 Å². The number of benzene rings is 1. The highest BCUT2D eigenvalue weighted by molar-refractivity contribution is 5.60. The molecule has 2 aromatic heterocycles. The molecule has 2 fully saturated rings. The first-order valence-corrected chi connectivity index (χ1v) is 11.6. The van der Waals surface area contributed by atoms with Crippen molar-refractivity contribution < 1.29 is 0 Å². The van der Waals surface area contributed by atoms with E-state index >= 15 is 0 Å². The molecule has 0 aliphatic carbocycles. The molecule has 2 aliphatic rings. The van der Waals surface area contributed by atoms with Crippen molar-refractivity contribution in [1.82, 2.24) is 19.9 Å². The number of piperidine rings is 2. The van der Waals surface area contributed by atoms with E-state index in [0.717, 1.165) is 31.3 Å². The highest BCUT2D eigenvalue weighted by Gasteiger charge is 2.38. The van der Waals surface area contributed by atoms with E-state index in [1.807, 2.05) is 19.2 Å². The lowest BCUT2D eigenvalue weighted by atomic mass is 9.72. The van der Waals surface area contributed by atoms with Gasteiger partial charge >= 0.3 is 0 Å². The van der Waals surface area contributed by atoms with Crippen molar-refractivity contribution >= 4 is 5.95 Å². The molecule has 0 saturated carbocycles. The third kappa shape index (κ3) is 4.52. The van der Waals surface area contributed by atoms with Crippen molar-refractivity contribution in [2.24, 2.45) is 5.41 Å². The Labute approximate surface area is 185 Å². The lowest BCUT2D eigenvalue weighted by molar-refractivity contribution is 0.0603. The van der Waals surface area contributed by atoms with E-state index in [1.165, 1.54) is 61.3 Å². The molecule has 1 N–H and O–H groups in total. The van der Waals surface area contributed by atoms with Crippen LogP contribution in [0.1, 0.15) is 42.6 Å². The van der Waals surface area contributed by atoms with E-state index in [1.54, 1.807) is 0 Å². The summed E-state index contributed by atoms with van der Waals surface area (Å²) in [6.07, 6.45) is 7.02. The molecule has 4 heterocycles. The van der Waals surface area contributed by atoms with Crippen molar-refractivity contribution in [1.29, 1.82) is 0 Å². The van der Waals surface area contributed by atoms with Crippen LogP contribution in [0.4, 0.5) is 5.95 Å². The molecular formula is C26H33N5. The van der Waals surface area contributed by atoms with Crippen LogP contribution in [0.15, 0.2) is 48.7 Å². The first-order valence-electron chi connectivity index (χ1n) is 11.6. The van der Waals surface area contributed by atoms with E-state index < -0.39 is 0 Å². The van der Waals surface area contributed by atoms with Gasteiger partial charge in [0.1, 0.15) is 0 Å². The summed E-state index contributed by atoms with van der Waals surface area (Å²) in [6, 6.07) is 15.3. The summed E-state index contributed by atoms with van der Waals surface area (Å²) in [5, 5.41) is 0. The number of nitrogens with one attached hydrogen (secondary N) is 1. The lowest BCUT2D eigenvalue weighted by Crippen LogP contribution is -2.49. The largest absolute Gasteiger partial charge is 0.359 e. The fraction of sp³-hybridized carbons (Fsp3) is 0.462. The van der Waals surface area contributed by atoms with E-state index in [9.17, 15) is 0 Å². The topological polar surface area (TPSA) is 48.1 Å². The first kappa shape index (κ1) is 20.3. The minimum atomic E-state index is 0.451. The van der Waals surface area contributed by atoms with Gasteiger partial charge in [0.05, 0.1) is 0 Å². The molecule has 0 amide bonds. The molecule has 5 heteroatoms. The Hall–Kier alpha value is -2.66. The van der Waals surface area contributed by atoms with E-state index in [-0.39, 0.29) is 0 Å². The van der Waals surface area contributed by atoms with Gasteiger partial charge in [0.15, 0.2) is 0 Å². The van der Waals surface area contributed by atoms with Crippen molar-refractivity contribution in [3.8, 4) is 11.3 Å². The number of likely N-dealkylation sites (tertiary alicyclic amines) is 1. The molecule has 0 unspecified atom stereocenters. The number of hydrogen-bond acceptors (Lipinski definition) is 4. The molecule has 3 aromatic rings. The minimum Gasteiger partial charge on any atom is -0.359 e. The Kier molecular flexibility index (Phi) is 5.53. The monoisotopic (exact) mass is 415 g/mol. The Morgan fingerprint density at radius 1 is 1.00 bits per heavy atom. The third-order valence-corrected chi connectivity index (χ3v) is 7.11. The highest BCUT2D eigenvalue weighted by Crippen LogP contribution is 2.40. The highest BCUT2D eigenvalue weighted by atomic mass is 15.3. The zero-order chi connectivity index (χ0) is 21.3. The number of aromatic amines is 1. The molecule has 2 saturated heterocycles. The second-order valence-corrected chi connectivity index (χ2v) is 9.55. The maximum absolute atomic E-state index is 4.64. The smallest absolute Gasteiger partial charge is 0.225 e. The van der Waals surface area contributed by atoms with Crippen LogP contribution in [0.5, 0.6) is 0 Å². The van der Waals surface area contributed by atoms with Crippen molar-refractivity contribution in [3.63, 3.8) is 0 Å². The van der Waals surface area contributed by atoms with Gasteiger partial charge in [0.2, 0.25) is 5.95 Å². The molecule has 31 heavy (non-hydrogen) atoms. The van der Waals surface area contributed by atoms with Crippen LogP contribution < -0.4 is 4.90 Å². The van der Waals surface area contributed by atoms with Crippen molar-refractivity contribution in [2.45, 2.75) is 46.1 Å². The Balaban J connectivity index is 1.23. The van der Waals surface area contributed by atoms with Crippen LogP contribution in [-0.2, 0) is 6.54 Å². The average Bonchev–Trinajstić information content (AvgIpc) is 3.21. The molecule has 0 bridgehead atoms. The summed E-state index contributed by atoms with van der Waals surface area (Å²) in [6.45, 7) is 9.75. The Morgan fingerprint density at radius 3 is 2.65 bits per heavy atom. The molecule has 1 aromatic carbocycles. The van der Waals surface area contributed by atoms with Gasteiger partial charge in [-0.15, -0.1) is 0 Å². The van der Waals surface area contributed by atoms with Crippen LogP contribution in [0, 0.1) is 19.3 Å². The maximum Gasteiger partial charge on any atom is 0.225 e. The van der Waals surface area contributed by atoms with Crippen LogP contribution >= 0.6 is 0 Å². The first-order chi connectivity index (χ1) is 15.1. The molecule has 5 nitrogen and oxygen atoms in total. The summed E-state index contributed by atoms with van der Waals surface area (Å²) >= 11 is 0. The molecule has 162 valence electrons. The average molecular weight is 416 g/mol. The summed E-state index contributed by atoms with van der Waals surface area (Å²) < 4.78 is 0. The van der Waals surface area contributed by atoms with E-state index in [2.05, 4.69) is 68.1 Å². The number of rotatable bonds is 4. The molecule has 2 aliphatic heterocycles. The predicted octanol–water partition coefficient (Wildman–Crippen LogP) is 4.97. The molecule has 1 spiro atoms. The van der Waals surface area contributed by atoms with Crippen LogP contribution in [-0.4, -0.2) is 46.0 Å². The molecule has 0 atom stereocenters. The molecule has 0 radical (unpaired) electrons. The summed E-state index contributed by atoms with van der Waals surface area (Å²) in [5.41, 5.74) is 6.61. The van der Waals surface area contributed by atoms with Gasteiger partial charge in [0.25, 0.3) is 0 Å². The second-order valence-electron chi connectivity index (χ2n) is 9.55. The fourth-order valence-electron chi connectivity index (χ4n) is 5.39. The number of aromatic nitrogens is 3.